The summed E-state index contributed by atoms with van der Waals surface area (Å²) in [6, 6.07) is -3.13. The molecule has 0 aromatic rings. The molecule has 0 aliphatic heterocycles. The van der Waals surface area contributed by atoms with E-state index >= 15 is 0 Å². The van der Waals surface area contributed by atoms with E-state index in [2.05, 4.69) is 28.6 Å². The number of nitrogens with one attached hydrogen (secondary N) is 3. The smallest absolute Gasteiger partial charge is 0.322 e. The predicted molar refractivity (Wildman–Crippen MR) is 108 cm³/mol. The van der Waals surface area contributed by atoms with Crippen LogP contribution in [0, 0.1) is 0 Å². The fraction of sp³-hybridized carbons (Fsp3) is 0.688. The third-order valence-corrected chi connectivity index (χ3v) is 4.23. The Morgan fingerprint density at radius 1 is 0.931 bits per heavy atom. The molecule has 0 heterocycles. The van der Waals surface area contributed by atoms with E-state index in [1.54, 1.807) is 0 Å². The molecule has 0 bridgehead atoms. The van der Waals surface area contributed by atoms with Gasteiger partial charge in [0.1, 0.15) is 18.6 Å². The van der Waals surface area contributed by atoms with E-state index in [1.807, 2.05) is 0 Å². The van der Waals surface area contributed by atoms with Gasteiger partial charge in [0.2, 0.25) is 23.6 Å². The minimum absolute atomic E-state index is 0.0712. The van der Waals surface area contributed by atoms with Crippen LogP contribution in [0.4, 0.5) is 0 Å². The van der Waals surface area contributed by atoms with Gasteiger partial charge in [0.05, 0.1) is 6.04 Å². The second kappa shape index (κ2) is 14.6. The molecule has 3 unspecified atom stereocenters. The van der Waals surface area contributed by atoms with Gasteiger partial charge in [-0.05, 0) is 32.2 Å². The first-order valence-electron chi connectivity index (χ1n) is 9.07. The van der Waals surface area contributed by atoms with Gasteiger partial charge in [-0.15, -0.1) is 0 Å². The molecule has 0 saturated carbocycles. The fourth-order valence-corrected chi connectivity index (χ4v) is 2.40. The Morgan fingerprint density at radius 2 is 1.52 bits per heavy atom. The van der Waals surface area contributed by atoms with Gasteiger partial charge in [-0.1, -0.05) is 0 Å². The number of nitrogens with two attached hydrogens (primary N) is 3. The lowest BCUT2D eigenvalue weighted by molar-refractivity contribution is -0.138. The van der Waals surface area contributed by atoms with Crippen LogP contribution in [0.3, 0.4) is 0 Å². The highest BCUT2D eigenvalue weighted by atomic mass is 32.1. The largest absolute Gasteiger partial charge is 0.480 e. The van der Waals surface area contributed by atoms with Gasteiger partial charge in [0, 0.05) is 12.2 Å². The third kappa shape index (κ3) is 11.9. The molecule has 0 spiro atoms. The summed E-state index contributed by atoms with van der Waals surface area (Å²) in [4.78, 5) is 58.5. The monoisotopic (exact) mass is 434 g/mol. The first-order chi connectivity index (χ1) is 13.6. The molecule has 0 aliphatic rings. The zero-order valence-electron chi connectivity index (χ0n) is 16.1. The van der Waals surface area contributed by atoms with Crippen molar-refractivity contribution in [3.8, 4) is 0 Å². The van der Waals surface area contributed by atoms with E-state index in [0.717, 1.165) is 0 Å². The van der Waals surface area contributed by atoms with Crippen LogP contribution in [-0.2, 0) is 24.0 Å². The number of rotatable bonds is 15. The zero-order chi connectivity index (χ0) is 22.4. The van der Waals surface area contributed by atoms with E-state index in [4.69, 9.17) is 22.3 Å². The van der Waals surface area contributed by atoms with Crippen molar-refractivity contribution in [2.24, 2.45) is 17.2 Å². The van der Waals surface area contributed by atoms with Crippen LogP contribution in [0.25, 0.3) is 0 Å². The van der Waals surface area contributed by atoms with Gasteiger partial charge >= 0.3 is 5.97 Å². The van der Waals surface area contributed by atoms with Gasteiger partial charge in [-0.25, -0.2) is 0 Å². The van der Waals surface area contributed by atoms with Gasteiger partial charge in [-0.2, -0.15) is 12.6 Å². The lowest BCUT2D eigenvalue weighted by Crippen LogP contribution is -2.56. The molecule has 0 aromatic heterocycles. The zero-order valence-corrected chi connectivity index (χ0v) is 17.0. The van der Waals surface area contributed by atoms with E-state index in [0.29, 0.717) is 19.4 Å². The Balaban J connectivity index is 5.21. The first kappa shape index (κ1) is 26.6. The van der Waals surface area contributed by atoms with Crippen LogP contribution in [0.2, 0.25) is 0 Å². The maximum absolute atomic E-state index is 12.7. The van der Waals surface area contributed by atoms with E-state index in [9.17, 15) is 24.0 Å². The Morgan fingerprint density at radius 3 is 2.03 bits per heavy atom. The molecule has 4 amide bonds. The molecule has 0 saturated heterocycles. The SMILES string of the molecule is NCCCCC(NC(=O)C(N)CS)C(=O)NC(CCC(N)=O)C(=O)NCC(=O)O. The van der Waals surface area contributed by atoms with Crippen molar-refractivity contribution < 1.29 is 29.1 Å². The quantitative estimate of drug-likeness (QED) is 0.0966. The summed E-state index contributed by atoms with van der Waals surface area (Å²) in [7, 11) is 0. The Bertz CT molecular complexity index is 590. The Labute approximate surface area is 174 Å². The van der Waals surface area contributed by atoms with Gasteiger partial charge in [0.15, 0.2) is 0 Å². The van der Waals surface area contributed by atoms with Crippen molar-refractivity contribution in [1.82, 2.24) is 16.0 Å². The van der Waals surface area contributed by atoms with Gasteiger partial charge in [0.25, 0.3) is 0 Å². The lowest BCUT2D eigenvalue weighted by Gasteiger charge is -2.23. The number of primary amides is 1. The Kier molecular flexibility index (Phi) is 13.4. The summed E-state index contributed by atoms with van der Waals surface area (Å²) in [5, 5.41) is 15.7. The standard InChI is InChI=1S/C16H30N6O6S/c17-6-2-1-3-10(21-14(26)9(18)8-29)16(28)22-11(4-5-12(19)23)15(27)20-7-13(24)25/h9-11,29H,1-8,17-18H2,(H2,19,23)(H,20,27)(H,21,26)(H,22,28)(H,24,25). The summed E-state index contributed by atoms with van der Waals surface area (Å²) in [6.45, 7) is -0.257. The summed E-state index contributed by atoms with van der Waals surface area (Å²) in [5.41, 5.74) is 16.1. The van der Waals surface area contributed by atoms with Crippen LogP contribution in [0.5, 0.6) is 0 Å². The summed E-state index contributed by atoms with van der Waals surface area (Å²) < 4.78 is 0. The highest BCUT2D eigenvalue weighted by molar-refractivity contribution is 7.80. The van der Waals surface area contributed by atoms with Crippen molar-refractivity contribution in [3.63, 3.8) is 0 Å². The number of carboxylic acids is 1. The van der Waals surface area contributed by atoms with E-state index < -0.39 is 54.3 Å². The lowest BCUT2D eigenvalue weighted by atomic mass is 10.1. The molecule has 3 atom stereocenters. The normalized spacial score (nSPS) is 13.6. The number of hydrogen-bond donors (Lipinski definition) is 8. The van der Waals surface area contributed by atoms with Gasteiger partial charge in [-0.3, -0.25) is 24.0 Å². The molecule has 0 rings (SSSR count). The van der Waals surface area contributed by atoms with Crippen LogP contribution < -0.4 is 33.2 Å². The topological polar surface area (TPSA) is 220 Å². The molecule has 0 aromatic carbocycles. The number of amides is 4. The van der Waals surface area contributed by atoms with Crippen LogP contribution in [0.15, 0.2) is 0 Å². The number of carbonyl (C=O) groups excluding carboxylic acids is 4. The van der Waals surface area contributed by atoms with Crippen molar-refractivity contribution in [2.45, 2.75) is 50.2 Å². The molecular weight excluding hydrogens is 404 g/mol. The Hall–Kier alpha value is -2.38. The average Bonchev–Trinajstić information content (AvgIpc) is 2.67. The number of carboxylic acid groups (broad SMARTS) is 1. The minimum Gasteiger partial charge on any atom is -0.480 e. The van der Waals surface area contributed by atoms with Crippen molar-refractivity contribution >= 4 is 42.2 Å². The number of aliphatic carboxylic acids is 1. The maximum atomic E-state index is 12.7. The molecule has 12 nitrogen and oxygen atoms in total. The molecule has 166 valence electrons. The molecule has 0 radical (unpaired) electrons. The van der Waals surface area contributed by atoms with Crippen LogP contribution >= 0.6 is 12.6 Å². The number of thiol groups is 1. The predicted octanol–water partition coefficient (Wildman–Crippen LogP) is -3.19. The summed E-state index contributed by atoms with van der Waals surface area (Å²) in [6.07, 6.45) is 1.05. The molecular formula is C16H30N6O6S. The average molecular weight is 435 g/mol. The molecule has 10 N–H and O–H groups in total. The first-order valence-corrected chi connectivity index (χ1v) is 9.70. The highest BCUT2D eigenvalue weighted by Gasteiger charge is 2.28. The van der Waals surface area contributed by atoms with Crippen molar-refractivity contribution in [2.75, 3.05) is 18.8 Å². The van der Waals surface area contributed by atoms with Crippen LogP contribution in [-0.4, -0.2) is 71.7 Å². The molecule has 13 heteroatoms. The number of unbranched alkanes of at least 4 members (excludes halogenated alkanes) is 1. The molecule has 0 fully saturated rings. The maximum Gasteiger partial charge on any atom is 0.322 e. The second-order valence-corrected chi connectivity index (χ2v) is 6.68. The van der Waals surface area contributed by atoms with Gasteiger partial charge < -0.3 is 38.3 Å². The number of hydrogen-bond acceptors (Lipinski definition) is 8. The second-order valence-electron chi connectivity index (χ2n) is 6.31. The summed E-state index contributed by atoms with van der Waals surface area (Å²) >= 11 is 3.94. The number of carbonyl (C=O) groups is 5. The van der Waals surface area contributed by atoms with Crippen LogP contribution in [0.1, 0.15) is 32.1 Å². The molecule has 29 heavy (non-hydrogen) atoms. The summed E-state index contributed by atoms with van der Waals surface area (Å²) in [5.74, 6) is -3.95. The fourth-order valence-electron chi connectivity index (χ4n) is 2.24. The van der Waals surface area contributed by atoms with Crippen molar-refractivity contribution in [1.29, 1.82) is 0 Å². The highest BCUT2D eigenvalue weighted by Crippen LogP contribution is 2.05. The molecule has 0 aliphatic carbocycles. The van der Waals surface area contributed by atoms with E-state index in [1.165, 1.54) is 0 Å². The van der Waals surface area contributed by atoms with Crippen molar-refractivity contribution in [3.05, 3.63) is 0 Å². The minimum atomic E-state index is -1.27. The van der Waals surface area contributed by atoms with E-state index in [-0.39, 0.29) is 25.0 Å². The third-order valence-electron chi connectivity index (χ3n) is 3.84.